The monoisotopic (exact) mass is 287 g/mol. The molecule has 4 nitrogen and oxygen atoms in total. The van der Waals surface area contributed by atoms with Gasteiger partial charge in [0.15, 0.2) is 0 Å². The number of ether oxygens (including phenoxy) is 2. The molecule has 2 aromatic rings. The lowest BCUT2D eigenvalue weighted by atomic mass is 10.1. The van der Waals surface area contributed by atoms with E-state index < -0.39 is 0 Å². The third-order valence-corrected chi connectivity index (χ3v) is 3.55. The summed E-state index contributed by atoms with van der Waals surface area (Å²) in [5.74, 6) is 0.541. The molecule has 0 aliphatic carbocycles. The maximum absolute atomic E-state index is 11.9. The minimum atomic E-state index is -0.323. The zero-order chi connectivity index (χ0) is 15.4. The number of carbonyl (C=O) groups is 1. The van der Waals surface area contributed by atoms with E-state index in [1.165, 1.54) is 0 Å². The van der Waals surface area contributed by atoms with Gasteiger partial charge in [0.1, 0.15) is 24.7 Å². The van der Waals surface area contributed by atoms with E-state index in [0.29, 0.717) is 12.3 Å². The second-order valence-corrected chi connectivity index (χ2v) is 5.12. The van der Waals surface area contributed by atoms with Crippen molar-refractivity contribution >= 4 is 5.97 Å². The molecule has 0 aliphatic rings. The van der Waals surface area contributed by atoms with Crippen LogP contribution in [0.25, 0.3) is 0 Å². The fraction of sp³-hybridized carbons (Fsp3) is 0.353. The van der Waals surface area contributed by atoms with Gasteiger partial charge in [-0.2, -0.15) is 0 Å². The number of aryl methyl sites for hydroxylation is 3. The van der Waals surface area contributed by atoms with Crippen LogP contribution in [0.4, 0.5) is 0 Å². The van der Waals surface area contributed by atoms with Crippen molar-refractivity contribution < 1.29 is 14.3 Å². The van der Waals surface area contributed by atoms with Gasteiger partial charge in [-0.25, -0.2) is 4.79 Å². The Morgan fingerprint density at radius 1 is 1.05 bits per heavy atom. The molecule has 0 bridgehead atoms. The number of hydrogen-bond acceptors (Lipinski definition) is 3. The average molecular weight is 287 g/mol. The van der Waals surface area contributed by atoms with E-state index in [0.717, 1.165) is 22.6 Å². The van der Waals surface area contributed by atoms with Gasteiger partial charge >= 0.3 is 5.97 Å². The lowest BCUT2D eigenvalue weighted by Crippen LogP contribution is -2.15. The summed E-state index contributed by atoms with van der Waals surface area (Å²) in [6.45, 7) is 6.53. The molecule has 0 N–H and O–H groups in total. The number of para-hydroxylation sites is 1. The Bertz CT molecular complexity index is 623. The third kappa shape index (κ3) is 3.45. The molecule has 0 fully saturated rings. The van der Waals surface area contributed by atoms with Crippen LogP contribution in [0.3, 0.4) is 0 Å². The number of rotatable bonds is 5. The SMILES string of the molecule is Cc1cccc(C)c1OCCOC(=O)c1ccc(C)n1C. The van der Waals surface area contributed by atoms with Gasteiger partial charge in [0.25, 0.3) is 0 Å². The molecule has 0 saturated heterocycles. The second-order valence-electron chi connectivity index (χ2n) is 5.12. The Morgan fingerprint density at radius 2 is 1.71 bits per heavy atom. The van der Waals surface area contributed by atoms with Crippen molar-refractivity contribution in [3.8, 4) is 5.75 Å². The molecule has 2 rings (SSSR count). The quantitative estimate of drug-likeness (QED) is 0.626. The number of nitrogens with zero attached hydrogens (tertiary/aromatic N) is 1. The van der Waals surface area contributed by atoms with Crippen molar-refractivity contribution in [1.29, 1.82) is 0 Å². The van der Waals surface area contributed by atoms with Crippen LogP contribution >= 0.6 is 0 Å². The van der Waals surface area contributed by atoms with Crippen molar-refractivity contribution in [2.24, 2.45) is 7.05 Å². The molecule has 1 heterocycles. The van der Waals surface area contributed by atoms with Crippen LogP contribution in [0.15, 0.2) is 30.3 Å². The van der Waals surface area contributed by atoms with Crippen molar-refractivity contribution in [2.75, 3.05) is 13.2 Å². The van der Waals surface area contributed by atoms with Gasteiger partial charge < -0.3 is 14.0 Å². The Labute approximate surface area is 125 Å². The van der Waals surface area contributed by atoms with Gasteiger partial charge in [-0.05, 0) is 44.0 Å². The molecular weight excluding hydrogens is 266 g/mol. The molecule has 112 valence electrons. The predicted molar refractivity (Wildman–Crippen MR) is 81.8 cm³/mol. The van der Waals surface area contributed by atoms with Crippen LogP contribution < -0.4 is 4.74 Å². The highest BCUT2D eigenvalue weighted by atomic mass is 16.6. The minimum absolute atomic E-state index is 0.233. The number of aromatic nitrogens is 1. The summed E-state index contributed by atoms with van der Waals surface area (Å²) in [7, 11) is 1.85. The molecule has 0 amide bonds. The highest BCUT2D eigenvalue weighted by molar-refractivity contribution is 5.87. The predicted octanol–water partition coefficient (Wildman–Crippen LogP) is 3.19. The minimum Gasteiger partial charge on any atom is -0.489 e. The third-order valence-electron chi connectivity index (χ3n) is 3.55. The van der Waals surface area contributed by atoms with Gasteiger partial charge in [-0.3, -0.25) is 0 Å². The first-order valence-electron chi connectivity index (χ1n) is 6.99. The average Bonchev–Trinajstić information content (AvgIpc) is 2.77. The summed E-state index contributed by atoms with van der Waals surface area (Å²) in [6, 6.07) is 9.66. The summed E-state index contributed by atoms with van der Waals surface area (Å²) >= 11 is 0. The molecule has 0 aliphatic heterocycles. The van der Waals surface area contributed by atoms with Crippen LogP contribution in [-0.2, 0) is 11.8 Å². The molecular formula is C17H21NO3. The standard InChI is InChI=1S/C17H21NO3/c1-12-6-5-7-13(2)16(12)20-10-11-21-17(19)15-9-8-14(3)18(15)4/h5-9H,10-11H2,1-4H3. The molecule has 1 aromatic carbocycles. The lowest BCUT2D eigenvalue weighted by Gasteiger charge is -2.12. The Kier molecular flexibility index (Phi) is 4.68. The molecule has 1 aromatic heterocycles. The Morgan fingerprint density at radius 3 is 2.29 bits per heavy atom. The van der Waals surface area contributed by atoms with Crippen molar-refractivity contribution in [2.45, 2.75) is 20.8 Å². The highest BCUT2D eigenvalue weighted by Gasteiger charge is 2.12. The summed E-state index contributed by atoms with van der Waals surface area (Å²) in [6.07, 6.45) is 0. The molecule has 0 saturated carbocycles. The van der Waals surface area contributed by atoms with E-state index >= 15 is 0 Å². The molecule has 0 spiro atoms. The highest BCUT2D eigenvalue weighted by Crippen LogP contribution is 2.22. The first-order chi connectivity index (χ1) is 10.0. The number of benzene rings is 1. The zero-order valence-corrected chi connectivity index (χ0v) is 13.0. The van der Waals surface area contributed by atoms with Crippen molar-refractivity contribution in [1.82, 2.24) is 4.57 Å². The fourth-order valence-corrected chi connectivity index (χ4v) is 2.20. The van der Waals surface area contributed by atoms with Crippen molar-refractivity contribution in [3.05, 3.63) is 52.8 Å². The van der Waals surface area contributed by atoms with Gasteiger partial charge in [0.2, 0.25) is 0 Å². The molecule has 21 heavy (non-hydrogen) atoms. The van der Waals surface area contributed by atoms with E-state index in [9.17, 15) is 4.79 Å². The van der Waals surface area contributed by atoms with Crippen LogP contribution in [0.2, 0.25) is 0 Å². The van der Waals surface area contributed by atoms with E-state index in [4.69, 9.17) is 9.47 Å². The number of hydrogen-bond donors (Lipinski definition) is 0. The normalized spacial score (nSPS) is 10.5. The van der Waals surface area contributed by atoms with Gasteiger partial charge in [0, 0.05) is 12.7 Å². The summed E-state index contributed by atoms with van der Waals surface area (Å²) < 4.78 is 12.8. The maximum Gasteiger partial charge on any atom is 0.355 e. The topological polar surface area (TPSA) is 40.5 Å². The largest absolute Gasteiger partial charge is 0.489 e. The second kappa shape index (κ2) is 6.48. The molecule has 0 radical (unpaired) electrons. The van der Waals surface area contributed by atoms with Crippen LogP contribution in [-0.4, -0.2) is 23.8 Å². The Hall–Kier alpha value is -2.23. The van der Waals surface area contributed by atoms with E-state index in [2.05, 4.69) is 0 Å². The molecule has 0 unspecified atom stereocenters. The number of esters is 1. The lowest BCUT2D eigenvalue weighted by molar-refractivity contribution is 0.0438. The van der Waals surface area contributed by atoms with E-state index in [1.807, 2.05) is 56.7 Å². The molecule has 0 atom stereocenters. The van der Waals surface area contributed by atoms with Crippen LogP contribution in [0.5, 0.6) is 5.75 Å². The first kappa shape index (κ1) is 15.2. The van der Waals surface area contributed by atoms with E-state index in [-0.39, 0.29) is 12.6 Å². The summed E-state index contributed by atoms with van der Waals surface area (Å²) in [4.78, 5) is 11.9. The number of carbonyl (C=O) groups excluding carboxylic acids is 1. The van der Waals surface area contributed by atoms with Crippen LogP contribution in [0, 0.1) is 20.8 Å². The van der Waals surface area contributed by atoms with Crippen molar-refractivity contribution in [3.63, 3.8) is 0 Å². The van der Waals surface area contributed by atoms with Gasteiger partial charge in [-0.1, -0.05) is 18.2 Å². The zero-order valence-electron chi connectivity index (χ0n) is 13.0. The first-order valence-corrected chi connectivity index (χ1v) is 6.99. The van der Waals surface area contributed by atoms with E-state index in [1.54, 1.807) is 6.07 Å². The van der Waals surface area contributed by atoms with Gasteiger partial charge in [-0.15, -0.1) is 0 Å². The summed E-state index contributed by atoms with van der Waals surface area (Å²) in [5, 5.41) is 0. The smallest absolute Gasteiger partial charge is 0.355 e. The summed E-state index contributed by atoms with van der Waals surface area (Å²) in [5.41, 5.74) is 3.74. The van der Waals surface area contributed by atoms with Gasteiger partial charge in [0.05, 0.1) is 0 Å². The fourth-order valence-electron chi connectivity index (χ4n) is 2.20. The Balaban J connectivity index is 1.85. The van der Waals surface area contributed by atoms with Crippen LogP contribution in [0.1, 0.15) is 27.3 Å². The molecule has 4 heteroatoms. The maximum atomic E-state index is 11.9.